The molecule has 12 rings (SSSR count). The van der Waals surface area contributed by atoms with Gasteiger partial charge in [-0.25, -0.2) is 69.8 Å². The molecule has 7 heterocycles. The number of nitrogens with zero attached hydrogens (tertiary/aromatic N) is 17. The fourth-order valence-corrected chi connectivity index (χ4v) is 10.2. The molecule has 0 aliphatic heterocycles. The van der Waals surface area contributed by atoms with Gasteiger partial charge in [-0.15, -0.1) is 0 Å². The predicted octanol–water partition coefficient (Wildman–Crippen LogP) is 10.7. The summed E-state index contributed by atoms with van der Waals surface area (Å²) in [5, 5.41) is 15.8. The Morgan fingerprint density at radius 3 is 0.811 bits per heavy atom. The summed E-state index contributed by atoms with van der Waals surface area (Å²) in [4.78, 5) is 66.1. The first-order valence-corrected chi connectivity index (χ1v) is 24.0. The van der Waals surface area contributed by atoms with E-state index < -0.39 is 0 Å². The summed E-state index contributed by atoms with van der Waals surface area (Å²) in [5.41, 5.74) is 10.2. The topological polar surface area (TPSA) is 214 Å². The number of fused-ring (bicyclic) bond motifs is 6. The summed E-state index contributed by atoms with van der Waals surface area (Å²) >= 11 is 0. The van der Waals surface area contributed by atoms with E-state index in [-0.39, 0.29) is 0 Å². The Morgan fingerprint density at radius 2 is 0.554 bits per heavy atom. The molecule has 17 heteroatoms. The minimum absolute atomic E-state index is 0.375. The Morgan fingerprint density at radius 1 is 0.297 bits per heavy atom. The third-order valence-corrected chi connectivity index (χ3v) is 12.9. The Balaban J connectivity index is 1.24. The molecule has 0 fully saturated rings. The van der Waals surface area contributed by atoms with E-state index in [1.54, 1.807) is 0 Å². The number of rotatable bonds is 7. The molecule has 74 heavy (non-hydrogen) atoms. The zero-order valence-electron chi connectivity index (χ0n) is 42.3. The van der Waals surface area contributed by atoms with Crippen LogP contribution in [0.1, 0.15) is 63.5 Å². The smallest absolute Gasteiger partial charge is 0.163 e. The molecule has 0 atom stereocenters. The third kappa shape index (κ3) is 7.89. The molecular formula is C57H45N17. The van der Waals surface area contributed by atoms with Crippen LogP contribution in [-0.2, 0) is 0 Å². The highest BCUT2D eigenvalue weighted by Gasteiger charge is 2.26. The molecule has 7 aromatic heterocycles. The fraction of sp³-hybridized carbons (Fsp3) is 0.175. The van der Waals surface area contributed by atoms with Crippen LogP contribution in [0.3, 0.4) is 0 Å². The number of aromatic nitrogens is 16. The van der Waals surface area contributed by atoms with Crippen molar-refractivity contribution in [3.05, 3.63) is 155 Å². The van der Waals surface area contributed by atoms with E-state index in [2.05, 4.69) is 83.7 Å². The average molecular weight is 968 g/mol. The number of benzene rings is 5. The molecule has 12 aromatic rings. The maximum atomic E-state index is 12.0. The Labute approximate surface area is 424 Å². The van der Waals surface area contributed by atoms with Gasteiger partial charge >= 0.3 is 0 Å². The first-order chi connectivity index (χ1) is 35.6. The second kappa shape index (κ2) is 17.3. The minimum atomic E-state index is 0.375. The molecule has 0 spiro atoms. The third-order valence-electron chi connectivity index (χ3n) is 12.9. The van der Waals surface area contributed by atoms with Gasteiger partial charge in [0.25, 0.3) is 0 Å². The monoisotopic (exact) mass is 967 g/mol. The molecule has 5 aromatic carbocycles. The molecule has 0 unspecified atom stereocenters. The van der Waals surface area contributed by atoms with Gasteiger partial charge < -0.3 is 9.13 Å². The van der Waals surface area contributed by atoms with Crippen LogP contribution in [-0.4, -0.2) is 78.9 Å². The minimum Gasteiger partial charge on any atom is -0.308 e. The normalized spacial score (nSPS) is 11.6. The van der Waals surface area contributed by atoms with Crippen molar-refractivity contribution in [2.45, 2.75) is 69.2 Å². The van der Waals surface area contributed by atoms with Gasteiger partial charge in [-0.05, 0) is 112 Å². The molecule has 0 radical (unpaired) electrons. The summed E-state index contributed by atoms with van der Waals surface area (Å²) in [6, 6.07) is 33.5. The number of nitriles is 1. The summed E-state index contributed by atoms with van der Waals surface area (Å²) < 4.78 is 4.29. The van der Waals surface area contributed by atoms with Gasteiger partial charge in [0, 0.05) is 60.8 Å². The highest BCUT2D eigenvalue weighted by Crippen LogP contribution is 2.43. The van der Waals surface area contributed by atoms with Crippen molar-refractivity contribution < 1.29 is 0 Å². The van der Waals surface area contributed by atoms with Gasteiger partial charge in [0.2, 0.25) is 0 Å². The standard InChI is InChI=1S/C57H45N17/c1-27-19-28(2)60-57(59-27)41-24-51(73-47-20-37(53-65-29(3)61-30(4)66-53)11-15-42(47)43-16-12-38(21-48(43)73)54-67-31(5)62-32(6)68-54)46(26-58)52(25-41)74-49-22-39(55-69-33(7)63-34(8)70-55)13-17-44(49)45-18-14-40(23-50(45)74)56-71-35(9)64-36(10)72-56/h11-25H,1-10H3. The van der Waals surface area contributed by atoms with Crippen molar-refractivity contribution in [1.29, 1.82) is 5.26 Å². The summed E-state index contributed by atoms with van der Waals surface area (Å²) in [6.07, 6.45) is 0. The Bertz CT molecular complexity index is 3850. The lowest BCUT2D eigenvalue weighted by atomic mass is 10.0. The number of hydrogen-bond donors (Lipinski definition) is 0. The summed E-state index contributed by atoms with van der Waals surface area (Å²) in [6.45, 7) is 18.8. The molecule has 0 bridgehead atoms. The van der Waals surface area contributed by atoms with Gasteiger partial charge in [-0.2, -0.15) is 5.26 Å². The molecular weight excluding hydrogens is 923 g/mol. The zero-order chi connectivity index (χ0) is 51.3. The average Bonchev–Trinajstić information content (AvgIpc) is 3.89. The molecule has 0 saturated heterocycles. The molecule has 0 amide bonds. The van der Waals surface area contributed by atoms with Crippen molar-refractivity contribution >= 4 is 43.6 Å². The van der Waals surface area contributed by atoms with Crippen molar-refractivity contribution in [3.8, 4) is 74.4 Å². The largest absolute Gasteiger partial charge is 0.308 e. The van der Waals surface area contributed by atoms with Gasteiger partial charge in [-0.3, -0.25) is 0 Å². The highest BCUT2D eigenvalue weighted by atomic mass is 15.1. The van der Waals surface area contributed by atoms with Crippen molar-refractivity contribution in [1.82, 2.24) is 78.9 Å². The number of hydrogen-bond acceptors (Lipinski definition) is 15. The van der Waals surface area contributed by atoms with Gasteiger partial charge in [0.05, 0.1) is 33.4 Å². The Kier molecular flexibility index (Phi) is 10.6. The van der Waals surface area contributed by atoms with Crippen LogP contribution in [0.4, 0.5) is 0 Å². The first-order valence-electron chi connectivity index (χ1n) is 24.0. The van der Waals surface area contributed by atoms with Crippen LogP contribution in [0.5, 0.6) is 0 Å². The van der Waals surface area contributed by atoms with Gasteiger partial charge in [-0.1, -0.05) is 48.5 Å². The van der Waals surface area contributed by atoms with Crippen LogP contribution in [0.2, 0.25) is 0 Å². The zero-order valence-corrected chi connectivity index (χ0v) is 42.3. The van der Waals surface area contributed by atoms with E-state index in [0.717, 1.165) is 77.3 Å². The van der Waals surface area contributed by atoms with Gasteiger partial charge in [0.15, 0.2) is 29.1 Å². The molecule has 358 valence electrons. The van der Waals surface area contributed by atoms with E-state index >= 15 is 0 Å². The SMILES string of the molecule is Cc1cc(C)nc(-c2cc(-n3c4cc(-c5nc(C)nc(C)n5)ccc4c4ccc(-c5nc(C)nc(C)n5)cc43)c(C#N)c(-n3c4cc(-c5nc(C)nc(C)n5)ccc4c4ccc(-c5nc(C)nc(C)n5)cc43)c2)n1. The van der Waals surface area contributed by atoms with E-state index in [1.165, 1.54) is 0 Å². The number of aryl methyl sites for hydroxylation is 10. The summed E-state index contributed by atoms with van der Waals surface area (Å²) in [5.74, 6) is 7.51. The lowest BCUT2D eigenvalue weighted by Crippen LogP contribution is -2.07. The van der Waals surface area contributed by atoms with Crippen molar-refractivity contribution in [2.24, 2.45) is 0 Å². The highest BCUT2D eigenvalue weighted by molar-refractivity contribution is 6.13. The van der Waals surface area contributed by atoms with E-state index in [0.29, 0.717) is 98.2 Å². The van der Waals surface area contributed by atoms with Crippen LogP contribution in [0.15, 0.2) is 91.0 Å². The van der Waals surface area contributed by atoms with Crippen molar-refractivity contribution in [2.75, 3.05) is 0 Å². The van der Waals surface area contributed by atoms with E-state index in [4.69, 9.17) is 49.8 Å². The molecule has 0 aliphatic rings. The van der Waals surface area contributed by atoms with E-state index in [9.17, 15) is 5.26 Å². The second-order valence-corrected chi connectivity index (χ2v) is 18.6. The lowest BCUT2D eigenvalue weighted by Gasteiger charge is -2.19. The van der Waals surface area contributed by atoms with Crippen LogP contribution in [0, 0.1) is 80.6 Å². The molecule has 0 aliphatic carbocycles. The van der Waals surface area contributed by atoms with Crippen LogP contribution < -0.4 is 0 Å². The summed E-state index contributed by atoms with van der Waals surface area (Å²) in [7, 11) is 0. The van der Waals surface area contributed by atoms with Gasteiger partial charge in [0.1, 0.15) is 58.2 Å². The maximum Gasteiger partial charge on any atom is 0.163 e. The molecule has 17 nitrogen and oxygen atoms in total. The van der Waals surface area contributed by atoms with Crippen LogP contribution in [0.25, 0.3) is 112 Å². The lowest BCUT2D eigenvalue weighted by molar-refractivity contribution is 0.928. The van der Waals surface area contributed by atoms with E-state index in [1.807, 2.05) is 112 Å². The first kappa shape index (κ1) is 45.4. The fourth-order valence-electron chi connectivity index (χ4n) is 10.2. The molecule has 0 N–H and O–H groups in total. The van der Waals surface area contributed by atoms with Crippen LogP contribution >= 0.6 is 0 Å². The Hall–Kier alpha value is -9.69. The second-order valence-electron chi connectivity index (χ2n) is 18.6. The van der Waals surface area contributed by atoms with Crippen molar-refractivity contribution in [3.63, 3.8) is 0 Å². The molecule has 0 saturated carbocycles. The maximum absolute atomic E-state index is 12.0. The predicted molar refractivity (Wildman–Crippen MR) is 284 cm³/mol. The quantitative estimate of drug-likeness (QED) is 0.145.